The lowest BCUT2D eigenvalue weighted by Crippen LogP contribution is -2.48. The number of benzene rings is 2. The maximum absolute atomic E-state index is 14.2. The normalized spacial score (nSPS) is 13.1. The minimum absolute atomic E-state index is 0.216. The molecule has 0 aliphatic heterocycles. The van der Waals surface area contributed by atoms with E-state index < -0.39 is 68.5 Å². The molecule has 0 saturated heterocycles. The third-order valence-electron chi connectivity index (χ3n) is 4.11. The van der Waals surface area contributed by atoms with Gasteiger partial charge in [-0.25, -0.2) is 30.4 Å². The quantitative estimate of drug-likeness (QED) is 0.407. The molecular formula is C18H16F5NO4S. The zero-order valence-corrected chi connectivity index (χ0v) is 16.0. The van der Waals surface area contributed by atoms with Crippen molar-refractivity contribution in [2.45, 2.75) is 31.3 Å². The summed E-state index contributed by atoms with van der Waals surface area (Å²) in [6.45, 7) is 2.01. The van der Waals surface area contributed by atoms with E-state index in [4.69, 9.17) is 0 Å². The number of nitrogens with zero attached hydrogens (tertiary/aromatic N) is 1. The number of hydrogen-bond donors (Lipinski definition) is 1. The molecule has 0 fully saturated rings. The van der Waals surface area contributed by atoms with Crippen molar-refractivity contribution in [3.8, 4) is 0 Å². The maximum Gasteiger partial charge on any atom is 0.322 e. The van der Waals surface area contributed by atoms with Gasteiger partial charge < -0.3 is 5.11 Å². The van der Waals surface area contributed by atoms with Gasteiger partial charge in [0.2, 0.25) is 15.8 Å². The number of halogens is 5. The van der Waals surface area contributed by atoms with Crippen molar-refractivity contribution in [2.75, 3.05) is 0 Å². The van der Waals surface area contributed by atoms with Crippen molar-refractivity contribution in [3.63, 3.8) is 0 Å². The molecular weight excluding hydrogens is 421 g/mol. The summed E-state index contributed by atoms with van der Waals surface area (Å²) in [6, 6.07) is 5.59. The van der Waals surface area contributed by atoms with E-state index in [9.17, 15) is 40.3 Å². The molecule has 0 spiro atoms. The van der Waals surface area contributed by atoms with Crippen LogP contribution in [0.1, 0.15) is 19.4 Å². The topological polar surface area (TPSA) is 74.7 Å². The summed E-state index contributed by atoms with van der Waals surface area (Å²) < 4.78 is 95.0. The van der Waals surface area contributed by atoms with Gasteiger partial charge >= 0.3 is 5.97 Å². The zero-order chi connectivity index (χ0) is 22.1. The Hall–Kier alpha value is -2.53. The Kier molecular flexibility index (Phi) is 6.63. The summed E-state index contributed by atoms with van der Waals surface area (Å²) in [6.07, 6.45) is 0. The monoisotopic (exact) mass is 437 g/mol. The Balaban J connectivity index is 2.78. The largest absolute Gasteiger partial charge is 0.480 e. The first-order valence-electron chi connectivity index (χ1n) is 8.21. The second kappa shape index (κ2) is 8.46. The van der Waals surface area contributed by atoms with Crippen LogP contribution in [-0.2, 0) is 21.4 Å². The maximum atomic E-state index is 14.2. The van der Waals surface area contributed by atoms with Gasteiger partial charge in [-0.15, -0.1) is 0 Å². The number of rotatable bonds is 7. The van der Waals surface area contributed by atoms with Crippen LogP contribution in [0.25, 0.3) is 0 Å². The van der Waals surface area contributed by atoms with Crippen LogP contribution in [0.4, 0.5) is 22.0 Å². The van der Waals surface area contributed by atoms with Crippen LogP contribution in [-0.4, -0.2) is 29.8 Å². The van der Waals surface area contributed by atoms with Crippen molar-refractivity contribution in [3.05, 3.63) is 65.0 Å². The van der Waals surface area contributed by atoms with Gasteiger partial charge in [-0.05, 0) is 11.5 Å². The average molecular weight is 437 g/mol. The van der Waals surface area contributed by atoms with Crippen molar-refractivity contribution in [1.82, 2.24) is 4.31 Å². The van der Waals surface area contributed by atoms with E-state index >= 15 is 0 Å². The molecule has 1 N–H and O–H groups in total. The van der Waals surface area contributed by atoms with Crippen LogP contribution >= 0.6 is 0 Å². The van der Waals surface area contributed by atoms with E-state index in [0.717, 1.165) is 0 Å². The molecule has 0 amide bonds. The molecule has 11 heteroatoms. The SMILES string of the molecule is CC(C)[C@@H](C(=O)O)N(Cc1ccccc1)S(=O)(=O)c1c(F)c(F)c(F)c(F)c1F. The molecule has 0 aliphatic carbocycles. The number of carboxylic acid groups (broad SMARTS) is 1. The summed E-state index contributed by atoms with van der Waals surface area (Å²) in [4.78, 5) is 9.61. The lowest BCUT2D eigenvalue weighted by Gasteiger charge is -2.31. The minimum atomic E-state index is -5.46. The Labute approximate surface area is 163 Å². The summed E-state index contributed by atoms with van der Waals surface area (Å²) in [5, 5.41) is 9.49. The molecule has 0 unspecified atom stereocenters. The Bertz CT molecular complexity index is 999. The van der Waals surface area contributed by atoms with Crippen molar-refractivity contribution < 1.29 is 40.3 Å². The van der Waals surface area contributed by atoms with Gasteiger partial charge in [0.15, 0.2) is 28.2 Å². The van der Waals surface area contributed by atoms with Crippen molar-refractivity contribution in [2.24, 2.45) is 5.92 Å². The molecule has 0 saturated carbocycles. The van der Waals surface area contributed by atoms with Crippen LogP contribution in [0, 0.1) is 35.0 Å². The van der Waals surface area contributed by atoms with Gasteiger partial charge in [-0.1, -0.05) is 44.2 Å². The average Bonchev–Trinajstić information content (AvgIpc) is 2.64. The first kappa shape index (κ1) is 22.8. The number of aliphatic carboxylic acids is 1. The van der Waals surface area contributed by atoms with E-state index in [1.165, 1.54) is 38.1 Å². The molecule has 29 heavy (non-hydrogen) atoms. The van der Waals surface area contributed by atoms with E-state index in [-0.39, 0.29) is 9.87 Å². The minimum Gasteiger partial charge on any atom is -0.480 e. The Morgan fingerprint density at radius 1 is 0.931 bits per heavy atom. The third-order valence-corrected chi connectivity index (χ3v) is 5.96. The van der Waals surface area contributed by atoms with E-state index in [2.05, 4.69) is 0 Å². The molecule has 0 bridgehead atoms. The first-order valence-corrected chi connectivity index (χ1v) is 9.65. The number of sulfonamides is 1. The van der Waals surface area contributed by atoms with Crippen LogP contribution in [0.15, 0.2) is 35.2 Å². The van der Waals surface area contributed by atoms with Crippen molar-refractivity contribution >= 4 is 16.0 Å². The molecule has 2 rings (SSSR count). The lowest BCUT2D eigenvalue weighted by molar-refractivity contribution is -0.143. The predicted molar refractivity (Wildman–Crippen MR) is 91.7 cm³/mol. The molecule has 1 atom stereocenters. The fourth-order valence-corrected chi connectivity index (χ4v) is 4.58. The highest BCUT2D eigenvalue weighted by atomic mass is 32.2. The molecule has 0 heterocycles. The van der Waals surface area contributed by atoms with E-state index in [1.54, 1.807) is 6.07 Å². The highest BCUT2D eigenvalue weighted by Gasteiger charge is 2.43. The van der Waals surface area contributed by atoms with Crippen molar-refractivity contribution in [1.29, 1.82) is 0 Å². The van der Waals surface area contributed by atoms with Gasteiger partial charge in [-0.2, -0.15) is 4.31 Å². The standard InChI is InChI=1S/C18H16F5NO4S/c1-9(2)16(18(25)26)24(8-10-6-4-3-5-7-10)29(27,28)17-14(22)12(20)11(19)13(21)15(17)23/h3-7,9,16H,8H2,1-2H3,(H,25,26)/t16-/m0/s1. The zero-order valence-electron chi connectivity index (χ0n) is 15.2. The van der Waals surface area contributed by atoms with E-state index in [0.29, 0.717) is 0 Å². The highest BCUT2D eigenvalue weighted by Crippen LogP contribution is 2.32. The second-order valence-corrected chi connectivity index (χ2v) is 8.29. The van der Waals surface area contributed by atoms with Gasteiger partial charge in [0, 0.05) is 6.54 Å². The molecule has 0 radical (unpaired) electrons. The molecule has 2 aromatic carbocycles. The fraction of sp³-hybridized carbons (Fsp3) is 0.278. The fourth-order valence-electron chi connectivity index (χ4n) is 2.77. The smallest absolute Gasteiger partial charge is 0.322 e. The van der Waals surface area contributed by atoms with Crippen LogP contribution in [0.2, 0.25) is 0 Å². The molecule has 0 aromatic heterocycles. The molecule has 158 valence electrons. The molecule has 2 aromatic rings. The van der Waals surface area contributed by atoms with Gasteiger partial charge in [-0.3, -0.25) is 4.79 Å². The van der Waals surface area contributed by atoms with E-state index in [1.807, 2.05) is 0 Å². The lowest BCUT2D eigenvalue weighted by atomic mass is 10.0. The second-order valence-electron chi connectivity index (χ2n) is 6.46. The predicted octanol–water partition coefficient (Wildman–Crippen LogP) is 3.68. The summed E-state index contributed by atoms with van der Waals surface area (Å²) in [5.74, 6) is -15.1. The Morgan fingerprint density at radius 3 is 1.79 bits per heavy atom. The Morgan fingerprint density at radius 2 is 1.38 bits per heavy atom. The summed E-state index contributed by atoms with van der Waals surface area (Å²) in [5.41, 5.74) is 0.242. The highest BCUT2D eigenvalue weighted by molar-refractivity contribution is 7.89. The van der Waals surface area contributed by atoms with Gasteiger partial charge in [0.05, 0.1) is 0 Å². The third kappa shape index (κ3) is 4.25. The number of hydrogen-bond acceptors (Lipinski definition) is 3. The van der Waals surface area contributed by atoms with Crippen LogP contribution in [0.5, 0.6) is 0 Å². The number of carbonyl (C=O) groups is 1. The van der Waals surface area contributed by atoms with Crippen LogP contribution < -0.4 is 0 Å². The van der Waals surface area contributed by atoms with Gasteiger partial charge in [0.1, 0.15) is 6.04 Å². The first-order chi connectivity index (χ1) is 13.4. The summed E-state index contributed by atoms with van der Waals surface area (Å²) in [7, 11) is -5.46. The molecule has 0 aliphatic rings. The van der Waals surface area contributed by atoms with Gasteiger partial charge in [0.25, 0.3) is 0 Å². The van der Waals surface area contributed by atoms with Crippen LogP contribution in [0.3, 0.4) is 0 Å². The number of carboxylic acids is 1. The summed E-state index contributed by atoms with van der Waals surface area (Å²) >= 11 is 0. The molecule has 5 nitrogen and oxygen atoms in total.